The van der Waals surface area contributed by atoms with Crippen molar-refractivity contribution in [3.63, 3.8) is 0 Å². The first-order valence-electron chi connectivity index (χ1n) is 5.84. The first-order valence-corrected chi connectivity index (χ1v) is 6.65. The van der Waals surface area contributed by atoms with E-state index in [1.807, 2.05) is 24.3 Å². The first-order chi connectivity index (χ1) is 8.33. The zero-order valence-corrected chi connectivity index (χ0v) is 10.2. The molecule has 0 spiro atoms. The quantitative estimate of drug-likeness (QED) is 0.782. The molecule has 3 rings (SSSR count). The number of para-hydroxylation sites is 1. The number of nitrogens with zero attached hydrogens (tertiary/aromatic N) is 1. The van der Waals surface area contributed by atoms with E-state index >= 15 is 0 Å². The number of esters is 1. The van der Waals surface area contributed by atoms with Crippen LogP contribution in [0.15, 0.2) is 24.3 Å². The molecule has 1 aromatic heterocycles. The number of aromatic nitrogens is 1. The summed E-state index contributed by atoms with van der Waals surface area (Å²) >= 11 is 1.59. The van der Waals surface area contributed by atoms with E-state index < -0.39 is 0 Å². The van der Waals surface area contributed by atoms with E-state index in [1.54, 1.807) is 11.3 Å². The van der Waals surface area contributed by atoms with Crippen molar-refractivity contribution in [3.05, 3.63) is 29.3 Å². The fourth-order valence-corrected chi connectivity index (χ4v) is 2.76. The summed E-state index contributed by atoms with van der Waals surface area (Å²) < 4.78 is 6.41. The van der Waals surface area contributed by atoms with E-state index in [0.29, 0.717) is 6.61 Å². The van der Waals surface area contributed by atoms with Crippen LogP contribution in [0.5, 0.6) is 0 Å². The molecule has 0 N–H and O–H groups in total. The lowest BCUT2D eigenvalue weighted by Gasteiger charge is -2.22. The minimum absolute atomic E-state index is 0.0597. The Morgan fingerprint density at radius 3 is 2.94 bits per heavy atom. The number of hydrogen-bond acceptors (Lipinski definition) is 4. The summed E-state index contributed by atoms with van der Waals surface area (Å²) in [5.41, 5.74) is 0.979. The third-order valence-corrected chi connectivity index (χ3v) is 4.12. The van der Waals surface area contributed by atoms with Gasteiger partial charge in [-0.25, -0.2) is 4.98 Å². The summed E-state index contributed by atoms with van der Waals surface area (Å²) in [5, 5.41) is 0.874. The van der Waals surface area contributed by atoms with Crippen molar-refractivity contribution in [2.24, 2.45) is 5.92 Å². The Balaban J connectivity index is 1.66. The Bertz CT molecular complexity index is 512. The molecule has 88 valence electrons. The molecule has 1 saturated carbocycles. The van der Waals surface area contributed by atoms with E-state index in [1.165, 1.54) is 0 Å². The van der Waals surface area contributed by atoms with Gasteiger partial charge in [-0.1, -0.05) is 18.6 Å². The van der Waals surface area contributed by atoms with E-state index in [2.05, 4.69) is 4.98 Å². The van der Waals surface area contributed by atoms with Gasteiger partial charge in [-0.15, -0.1) is 11.3 Å². The fourth-order valence-electron chi connectivity index (χ4n) is 1.88. The van der Waals surface area contributed by atoms with Gasteiger partial charge in [0.15, 0.2) is 0 Å². The molecule has 1 aliphatic carbocycles. The number of carbonyl (C=O) groups excluding carboxylic acids is 1. The van der Waals surface area contributed by atoms with Crippen LogP contribution in [0.1, 0.15) is 24.3 Å². The average Bonchev–Trinajstić information content (AvgIpc) is 2.66. The molecule has 0 atom stereocenters. The van der Waals surface area contributed by atoms with Gasteiger partial charge in [-0.2, -0.15) is 0 Å². The topological polar surface area (TPSA) is 39.2 Å². The first kappa shape index (κ1) is 10.7. The minimum Gasteiger partial charge on any atom is -0.458 e. The number of ether oxygens (including phenoxy) is 1. The van der Waals surface area contributed by atoms with E-state index in [4.69, 9.17) is 4.74 Å². The summed E-state index contributed by atoms with van der Waals surface area (Å²) in [7, 11) is 0. The van der Waals surface area contributed by atoms with Crippen LogP contribution in [0.3, 0.4) is 0 Å². The van der Waals surface area contributed by atoms with Crippen molar-refractivity contribution in [3.8, 4) is 0 Å². The number of fused-ring (bicyclic) bond motifs is 1. The molecule has 1 aliphatic rings. The van der Waals surface area contributed by atoms with Crippen molar-refractivity contribution in [1.82, 2.24) is 4.98 Å². The van der Waals surface area contributed by atoms with Crippen LogP contribution >= 0.6 is 11.3 Å². The van der Waals surface area contributed by atoms with Crippen LogP contribution < -0.4 is 0 Å². The normalized spacial score (nSPS) is 15.8. The van der Waals surface area contributed by atoms with Gasteiger partial charge in [0.25, 0.3) is 0 Å². The summed E-state index contributed by atoms with van der Waals surface area (Å²) in [6.45, 7) is 0.314. The van der Waals surface area contributed by atoms with E-state index in [9.17, 15) is 4.79 Å². The summed E-state index contributed by atoms with van der Waals surface area (Å²) in [6.07, 6.45) is 3.12. The van der Waals surface area contributed by atoms with Crippen LogP contribution in [0, 0.1) is 5.92 Å². The number of benzene rings is 1. The Kier molecular flexibility index (Phi) is 2.81. The van der Waals surface area contributed by atoms with Crippen molar-refractivity contribution in [2.75, 3.05) is 0 Å². The van der Waals surface area contributed by atoms with Gasteiger partial charge in [0.1, 0.15) is 11.6 Å². The molecule has 0 aliphatic heterocycles. The number of hydrogen-bond donors (Lipinski definition) is 0. The summed E-state index contributed by atoms with van der Waals surface area (Å²) in [4.78, 5) is 16.0. The average molecular weight is 247 g/mol. The van der Waals surface area contributed by atoms with Crippen molar-refractivity contribution in [2.45, 2.75) is 25.9 Å². The molecule has 3 nitrogen and oxygen atoms in total. The predicted molar refractivity (Wildman–Crippen MR) is 66.8 cm³/mol. The Hall–Kier alpha value is -1.42. The molecule has 0 saturated heterocycles. The van der Waals surface area contributed by atoms with Gasteiger partial charge in [0.05, 0.1) is 16.1 Å². The molecule has 2 aromatic rings. The lowest BCUT2D eigenvalue weighted by atomic mass is 9.86. The van der Waals surface area contributed by atoms with Crippen LogP contribution in [-0.4, -0.2) is 11.0 Å². The van der Waals surface area contributed by atoms with Crippen molar-refractivity contribution >= 4 is 27.5 Å². The number of carbonyl (C=O) groups is 1. The number of rotatable bonds is 3. The van der Waals surface area contributed by atoms with Crippen LogP contribution in [-0.2, 0) is 16.1 Å². The van der Waals surface area contributed by atoms with E-state index in [-0.39, 0.29) is 11.9 Å². The molecule has 0 radical (unpaired) electrons. The highest BCUT2D eigenvalue weighted by atomic mass is 32.1. The molecular weight excluding hydrogens is 234 g/mol. The predicted octanol–water partition coefficient (Wildman–Crippen LogP) is 3.14. The van der Waals surface area contributed by atoms with Crippen LogP contribution in [0.2, 0.25) is 0 Å². The van der Waals surface area contributed by atoms with Gasteiger partial charge >= 0.3 is 5.97 Å². The zero-order valence-electron chi connectivity index (χ0n) is 9.39. The summed E-state index contributed by atoms with van der Waals surface area (Å²) in [6, 6.07) is 7.96. The van der Waals surface area contributed by atoms with E-state index in [0.717, 1.165) is 34.5 Å². The molecule has 1 heterocycles. The lowest BCUT2D eigenvalue weighted by Crippen LogP contribution is -2.23. The Labute approximate surface area is 103 Å². The minimum atomic E-state index is -0.0597. The maximum Gasteiger partial charge on any atom is 0.309 e. The van der Waals surface area contributed by atoms with Crippen LogP contribution in [0.25, 0.3) is 10.2 Å². The number of thiazole rings is 1. The van der Waals surface area contributed by atoms with Crippen molar-refractivity contribution < 1.29 is 9.53 Å². The third-order valence-electron chi connectivity index (χ3n) is 3.11. The SMILES string of the molecule is O=C(OCc1nc2ccccc2s1)C1CCC1. The second-order valence-corrected chi connectivity index (χ2v) is 5.43. The second-order valence-electron chi connectivity index (χ2n) is 4.31. The molecule has 0 bridgehead atoms. The maximum absolute atomic E-state index is 11.6. The Morgan fingerprint density at radius 1 is 1.41 bits per heavy atom. The van der Waals surface area contributed by atoms with Gasteiger partial charge in [0, 0.05) is 0 Å². The Morgan fingerprint density at radius 2 is 2.24 bits per heavy atom. The van der Waals surface area contributed by atoms with Gasteiger partial charge in [-0.3, -0.25) is 4.79 Å². The fraction of sp³-hybridized carbons (Fsp3) is 0.385. The second kappa shape index (κ2) is 4.45. The molecule has 0 unspecified atom stereocenters. The van der Waals surface area contributed by atoms with Crippen LogP contribution in [0.4, 0.5) is 0 Å². The van der Waals surface area contributed by atoms with Gasteiger partial charge < -0.3 is 4.74 Å². The molecule has 17 heavy (non-hydrogen) atoms. The standard InChI is InChI=1S/C13H13NO2S/c15-13(9-4-3-5-9)16-8-12-14-10-6-1-2-7-11(10)17-12/h1-2,6-7,9H,3-5,8H2. The molecule has 4 heteroatoms. The van der Waals surface area contributed by atoms with Gasteiger partial charge in [-0.05, 0) is 25.0 Å². The summed E-state index contributed by atoms with van der Waals surface area (Å²) in [5.74, 6) is 0.0832. The maximum atomic E-state index is 11.6. The zero-order chi connectivity index (χ0) is 11.7. The molecular formula is C13H13NO2S. The smallest absolute Gasteiger partial charge is 0.309 e. The highest BCUT2D eigenvalue weighted by molar-refractivity contribution is 7.18. The van der Waals surface area contributed by atoms with Crippen molar-refractivity contribution in [1.29, 1.82) is 0 Å². The monoisotopic (exact) mass is 247 g/mol. The lowest BCUT2D eigenvalue weighted by molar-refractivity contribution is -0.152. The molecule has 0 amide bonds. The highest BCUT2D eigenvalue weighted by Crippen LogP contribution is 2.28. The molecule has 1 fully saturated rings. The third kappa shape index (κ3) is 2.17. The largest absolute Gasteiger partial charge is 0.458 e. The molecule has 1 aromatic carbocycles. The van der Waals surface area contributed by atoms with Gasteiger partial charge in [0.2, 0.25) is 0 Å². The highest BCUT2D eigenvalue weighted by Gasteiger charge is 2.26.